The van der Waals surface area contributed by atoms with Gasteiger partial charge in [-0.05, 0) is 19.4 Å². The zero-order valence-electron chi connectivity index (χ0n) is 5.76. The highest BCUT2D eigenvalue weighted by molar-refractivity contribution is 5.89. The summed E-state index contributed by atoms with van der Waals surface area (Å²) >= 11 is 0. The molecule has 1 aliphatic heterocycles. The minimum Gasteiger partial charge on any atom is -0.287 e. The average Bonchev–Trinajstić information content (AvgIpc) is 1.97. The topological polar surface area (TPSA) is 24.7 Å². The number of nitrogens with zero attached hydrogens (tertiary/aromatic N) is 2. The van der Waals surface area contributed by atoms with E-state index in [9.17, 15) is 0 Å². The Hall–Kier alpha value is -0.920. The highest BCUT2D eigenvalue weighted by Crippen LogP contribution is 1.94. The number of hydrogen-bond acceptors (Lipinski definition) is 2. The quantitative estimate of drug-likeness (QED) is 0.464. The molecule has 1 rings (SSSR count). The van der Waals surface area contributed by atoms with Crippen molar-refractivity contribution in [2.75, 3.05) is 6.54 Å². The second-order valence-corrected chi connectivity index (χ2v) is 2.21. The molecule has 0 atom stereocenters. The highest BCUT2D eigenvalue weighted by atomic mass is 14.8. The first kappa shape index (κ1) is 6.20. The molecule has 0 fully saturated rings. The maximum atomic E-state index is 4.13. The van der Waals surface area contributed by atoms with Crippen molar-refractivity contribution in [1.29, 1.82) is 0 Å². The van der Waals surface area contributed by atoms with Crippen LogP contribution < -0.4 is 0 Å². The molecule has 2 nitrogen and oxygen atoms in total. The van der Waals surface area contributed by atoms with Crippen molar-refractivity contribution < 1.29 is 0 Å². The summed E-state index contributed by atoms with van der Waals surface area (Å²) < 4.78 is 0. The molecule has 0 spiro atoms. The number of aliphatic imine (C=N–C) groups is 2. The summed E-state index contributed by atoms with van der Waals surface area (Å²) in [5.41, 5.74) is 2.19. The lowest BCUT2D eigenvalue weighted by molar-refractivity contribution is 1.29. The molecule has 0 unspecified atom stereocenters. The van der Waals surface area contributed by atoms with Crippen molar-refractivity contribution in [1.82, 2.24) is 0 Å². The summed E-state index contributed by atoms with van der Waals surface area (Å²) in [6.07, 6.45) is 3.69. The molecule has 48 valence electrons. The zero-order valence-corrected chi connectivity index (χ0v) is 5.76. The Morgan fingerprint density at radius 3 is 3.00 bits per heavy atom. The molecule has 2 heteroatoms. The number of allylic oxidation sites excluding steroid dienone is 1. The molecule has 0 aromatic rings. The van der Waals surface area contributed by atoms with Crippen molar-refractivity contribution in [3.05, 3.63) is 11.8 Å². The van der Waals surface area contributed by atoms with Crippen LogP contribution in [0.5, 0.6) is 0 Å². The van der Waals surface area contributed by atoms with Gasteiger partial charge in [0, 0.05) is 18.1 Å². The van der Waals surface area contributed by atoms with Crippen LogP contribution >= 0.6 is 0 Å². The maximum absolute atomic E-state index is 4.13. The van der Waals surface area contributed by atoms with Gasteiger partial charge in [-0.25, -0.2) is 0 Å². The molecule has 0 radical (unpaired) electrons. The van der Waals surface area contributed by atoms with Crippen molar-refractivity contribution in [2.24, 2.45) is 9.98 Å². The Morgan fingerprint density at radius 2 is 2.22 bits per heavy atom. The van der Waals surface area contributed by atoms with Crippen LogP contribution in [0.25, 0.3) is 0 Å². The van der Waals surface area contributed by atoms with Gasteiger partial charge in [0.05, 0.1) is 6.54 Å². The standard InChI is InChI=1S/C7H10N2/c1-6-3-8-5-7(2)9-4-6/h3-4H,5H2,1-2H3. The summed E-state index contributed by atoms with van der Waals surface area (Å²) in [5, 5.41) is 0. The largest absolute Gasteiger partial charge is 0.287 e. The summed E-state index contributed by atoms with van der Waals surface area (Å²) in [6, 6.07) is 0. The minimum absolute atomic E-state index is 0.744. The van der Waals surface area contributed by atoms with Crippen molar-refractivity contribution in [3.63, 3.8) is 0 Å². The van der Waals surface area contributed by atoms with Gasteiger partial charge in [0.25, 0.3) is 0 Å². The maximum Gasteiger partial charge on any atom is 0.0769 e. The summed E-state index contributed by atoms with van der Waals surface area (Å²) in [6.45, 7) is 4.71. The first-order valence-electron chi connectivity index (χ1n) is 2.99. The molecule has 9 heavy (non-hydrogen) atoms. The molecule has 0 aliphatic carbocycles. The molecule has 0 amide bonds. The summed E-state index contributed by atoms with van der Waals surface area (Å²) in [7, 11) is 0. The second kappa shape index (κ2) is 2.58. The highest BCUT2D eigenvalue weighted by Gasteiger charge is 1.90. The van der Waals surface area contributed by atoms with Gasteiger partial charge in [0.1, 0.15) is 0 Å². The van der Waals surface area contributed by atoms with E-state index in [0.717, 1.165) is 17.8 Å². The molecular formula is C7H10N2. The zero-order chi connectivity index (χ0) is 6.69. The Bertz CT molecular complexity index is 187. The minimum atomic E-state index is 0.744. The Balaban J connectivity index is 2.80. The van der Waals surface area contributed by atoms with Crippen LogP contribution in [0.1, 0.15) is 13.8 Å². The second-order valence-electron chi connectivity index (χ2n) is 2.21. The lowest BCUT2D eigenvalue weighted by atomic mass is 10.4. The Labute approximate surface area is 55.0 Å². The third-order valence-electron chi connectivity index (χ3n) is 1.10. The first-order valence-corrected chi connectivity index (χ1v) is 2.99. The molecule has 0 N–H and O–H groups in total. The van der Waals surface area contributed by atoms with Crippen LogP contribution in [0, 0.1) is 0 Å². The van der Waals surface area contributed by atoms with E-state index in [2.05, 4.69) is 9.98 Å². The summed E-state index contributed by atoms with van der Waals surface area (Å²) in [4.78, 5) is 8.24. The van der Waals surface area contributed by atoms with Crippen molar-refractivity contribution >= 4 is 11.9 Å². The van der Waals surface area contributed by atoms with E-state index in [1.165, 1.54) is 0 Å². The van der Waals surface area contributed by atoms with Gasteiger partial charge in [-0.1, -0.05) is 0 Å². The fraction of sp³-hybridized carbons (Fsp3) is 0.429. The smallest absolute Gasteiger partial charge is 0.0769 e. The van der Waals surface area contributed by atoms with Crippen LogP contribution in [-0.4, -0.2) is 18.5 Å². The lowest BCUT2D eigenvalue weighted by Gasteiger charge is -1.85. The predicted octanol–water partition coefficient (Wildman–Crippen LogP) is 1.44. The average molecular weight is 122 g/mol. The molecule has 0 aromatic carbocycles. The van der Waals surface area contributed by atoms with Gasteiger partial charge in [-0.2, -0.15) is 0 Å². The monoisotopic (exact) mass is 122 g/mol. The van der Waals surface area contributed by atoms with Crippen LogP contribution in [-0.2, 0) is 0 Å². The Morgan fingerprint density at radius 1 is 1.44 bits per heavy atom. The Kier molecular flexibility index (Phi) is 1.78. The van der Waals surface area contributed by atoms with Gasteiger partial charge >= 0.3 is 0 Å². The predicted molar refractivity (Wildman–Crippen MR) is 40.2 cm³/mol. The van der Waals surface area contributed by atoms with Crippen LogP contribution in [0.2, 0.25) is 0 Å². The van der Waals surface area contributed by atoms with Crippen LogP contribution in [0.4, 0.5) is 0 Å². The van der Waals surface area contributed by atoms with Crippen LogP contribution in [0.3, 0.4) is 0 Å². The van der Waals surface area contributed by atoms with E-state index >= 15 is 0 Å². The van der Waals surface area contributed by atoms with Gasteiger partial charge in [0.2, 0.25) is 0 Å². The third kappa shape index (κ3) is 1.80. The molecule has 0 bridgehead atoms. The molecule has 1 heterocycles. The molecule has 1 aliphatic rings. The number of hydrogen-bond donors (Lipinski definition) is 0. The van der Waals surface area contributed by atoms with Gasteiger partial charge in [0.15, 0.2) is 0 Å². The van der Waals surface area contributed by atoms with E-state index < -0.39 is 0 Å². The fourth-order valence-corrected chi connectivity index (χ4v) is 0.608. The lowest BCUT2D eigenvalue weighted by Crippen LogP contribution is -1.93. The van der Waals surface area contributed by atoms with E-state index in [0.29, 0.717) is 0 Å². The van der Waals surface area contributed by atoms with E-state index in [4.69, 9.17) is 0 Å². The normalized spacial score (nSPS) is 18.4. The van der Waals surface area contributed by atoms with Crippen molar-refractivity contribution in [2.45, 2.75) is 13.8 Å². The van der Waals surface area contributed by atoms with E-state index in [1.807, 2.05) is 26.3 Å². The SMILES string of the molecule is CC1=CN=C(C)CN=C1. The molecule has 0 saturated carbocycles. The molecule has 0 saturated heterocycles. The van der Waals surface area contributed by atoms with Crippen LogP contribution in [0.15, 0.2) is 21.8 Å². The number of rotatable bonds is 0. The fourth-order valence-electron chi connectivity index (χ4n) is 0.608. The molecule has 0 aromatic heterocycles. The molecular weight excluding hydrogens is 112 g/mol. The van der Waals surface area contributed by atoms with Crippen molar-refractivity contribution in [3.8, 4) is 0 Å². The van der Waals surface area contributed by atoms with E-state index in [-0.39, 0.29) is 0 Å². The van der Waals surface area contributed by atoms with Gasteiger partial charge in [-0.15, -0.1) is 0 Å². The van der Waals surface area contributed by atoms with Gasteiger partial charge in [-0.3, -0.25) is 9.98 Å². The summed E-state index contributed by atoms with van der Waals surface area (Å²) in [5.74, 6) is 0. The van der Waals surface area contributed by atoms with Gasteiger partial charge < -0.3 is 0 Å². The van der Waals surface area contributed by atoms with E-state index in [1.54, 1.807) is 0 Å². The third-order valence-corrected chi connectivity index (χ3v) is 1.10. The first-order chi connectivity index (χ1) is 4.29.